The number of nitrogens with zero attached hydrogens (tertiary/aromatic N) is 1. The Balaban J connectivity index is 2.43. The van der Waals surface area contributed by atoms with Gasteiger partial charge in [-0.15, -0.1) is 0 Å². The minimum atomic E-state index is -1.15. The maximum Gasteiger partial charge on any atom is 0.408 e. The van der Waals surface area contributed by atoms with Crippen molar-refractivity contribution in [2.24, 2.45) is 5.73 Å². The lowest BCUT2D eigenvalue weighted by Crippen LogP contribution is -2.56. The number of rotatable bonds is 10. The number of phenols is 1. The summed E-state index contributed by atoms with van der Waals surface area (Å²) in [4.78, 5) is 53.1. The molecule has 10 heteroatoms. The van der Waals surface area contributed by atoms with E-state index in [1.165, 1.54) is 17.0 Å². The highest BCUT2D eigenvalue weighted by atomic mass is 16.6. The largest absolute Gasteiger partial charge is 0.508 e. The van der Waals surface area contributed by atoms with Gasteiger partial charge in [-0.3, -0.25) is 14.4 Å². The number of alkyl carbamates (subject to hydrolysis) is 1. The fourth-order valence-corrected chi connectivity index (χ4v) is 4.48. The van der Waals surface area contributed by atoms with E-state index < -0.39 is 41.6 Å². The van der Waals surface area contributed by atoms with E-state index in [0.29, 0.717) is 5.56 Å². The van der Waals surface area contributed by atoms with Crippen LogP contribution >= 0.6 is 0 Å². The van der Waals surface area contributed by atoms with Crippen molar-refractivity contribution in [3.05, 3.63) is 29.8 Å². The summed E-state index contributed by atoms with van der Waals surface area (Å²) in [5, 5.41) is 15.5. The van der Waals surface area contributed by atoms with Gasteiger partial charge in [0, 0.05) is 18.5 Å². The molecule has 1 saturated carbocycles. The SMILES string of the molecule is CC(C)N(C(=O)C(CCC(N)=O)NC(=O)OC(C)(C)C)C(C(=O)NC1CCCCC1)c1ccc(O)cc1. The van der Waals surface area contributed by atoms with Gasteiger partial charge in [-0.2, -0.15) is 0 Å². The molecule has 0 spiro atoms. The smallest absolute Gasteiger partial charge is 0.408 e. The second kappa shape index (κ2) is 13.3. The molecule has 37 heavy (non-hydrogen) atoms. The molecule has 1 aliphatic rings. The van der Waals surface area contributed by atoms with Crippen molar-refractivity contribution in [1.82, 2.24) is 15.5 Å². The molecule has 1 aliphatic carbocycles. The molecule has 2 unspecified atom stereocenters. The van der Waals surface area contributed by atoms with Crippen LogP contribution in [0.25, 0.3) is 0 Å². The molecule has 2 rings (SSSR count). The number of aromatic hydroxyl groups is 1. The summed E-state index contributed by atoms with van der Waals surface area (Å²) in [5.74, 6) is -1.47. The van der Waals surface area contributed by atoms with Crippen molar-refractivity contribution in [1.29, 1.82) is 0 Å². The number of ether oxygens (including phenoxy) is 1. The number of nitrogens with one attached hydrogen (secondary N) is 2. The van der Waals surface area contributed by atoms with Crippen molar-refractivity contribution in [3.63, 3.8) is 0 Å². The zero-order valence-electron chi connectivity index (χ0n) is 22.6. The van der Waals surface area contributed by atoms with Gasteiger partial charge in [0.1, 0.15) is 23.4 Å². The van der Waals surface area contributed by atoms with Gasteiger partial charge in [0.05, 0.1) is 0 Å². The van der Waals surface area contributed by atoms with Crippen molar-refractivity contribution < 1.29 is 29.0 Å². The van der Waals surface area contributed by atoms with Gasteiger partial charge in [-0.05, 0) is 71.6 Å². The molecule has 0 heterocycles. The zero-order chi connectivity index (χ0) is 27.8. The summed E-state index contributed by atoms with van der Waals surface area (Å²) < 4.78 is 5.33. The molecule has 10 nitrogen and oxygen atoms in total. The Kier molecular flexibility index (Phi) is 10.8. The van der Waals surface area contributed by atoms with E-state index in [9.17, 15) is 24.3 Å². The molecule has 206 valence electrons. The second-order valence-corrected chi connectivity index (χ2v) is 10.9. The number of amides is 4. The Morgan fingerprint density at radius 2 is 1.68 bits per heavy atom. The topological polar surface area (TPSA) is 151 Å². The monoisotopic (exact) mass is 518 g/mol. The van der Waals surface area contributed by atoms with Crippen molar-refractivity contribution in [3.8, 4) is 5.75 Å². The van der Waals surface area contributed by atoms with Gasteiger partial charge < -0.3 is 31.1 Å². The van der Waals surface area contributed by atoms with E-state index in [1.54, 1.807) is 46.8 Å². The maximum absolute atomic E-state index is 14.0. The van der Waals surface area contributed by atoms with Crippen molar-refractivity contribution in [2.75, 3.05) is 0 Å². The van der Waals surface area contributed by atoms with E-state index in [2.05, 4.69) is 10.6 Å². The van der Waals surface area contributed by atoms with E-state index in [1.807, 2.05) is 0 Å². The first-order valence-corrected chi connectivity index (χ1v) is 13.0. The van der Waals surface area contributed by atoms with Gasteiger partial charge in [-0.1, -0.05) is 31.4 Å². The average Bonchev–Trinajstić information content (AvgIpc) is 2.79. The van der Waals surface area contributed by atoms with Crippen molar-refractivity contribution in [2.45, 2.75) is 109 Å². The van der Waals surface area contributed by atoms with E-state index in [4.69, 9.17) is 10.5 Å². The highest BCUT2D eigenvalue weighted by Crippen LogP contribution is 2.28. The van der Waals surface area contributed by atoms with Gasteiger partial charge in [0.15, 0.2) is 0 Å². The zero-order valence-corrected chi connectivity index (χ0v) is 22.6. The molecule has 1 aromatic carbocycles. The summed E-state index contributed by atoms with van der Waals surface area (Å²) in [5.41, 5.74) is 5.05. The molecule has 0 aromatic heterocycles. The van der Waals surface area contributed by atoms with Crippen LogP contribution in [0, 0.1) is 0 Å². The molecule has 5 N–H and O–H groups in total. The number of carbonyl (C=O) groups excluding carboxylic acids is 4. The molecule has 4 amide bonds. The minimum absolute atomic E-state index is 0.00975. The van der Waals surface area contributed by atoms with Crippen LogP contribution < -0.4 is 16.4 Å². The predicted octanol–water partition coefficient (Wildman–Crippen LogP) is 3.28. The van der Waals surface area contributed by atoms with Crippen LogP contribution in [-0.2, 0) is 19.1 Å². The first kappa shape index (κ1) is 29.9. The fraction of sp³-hybridized carbons (Fsp3) is 0.630. The Hall–Kier alpha value is -3.30. The first-order valence-electron chi connectivity index (χ1n) is 13.0. The molecular weight excluding hydrogens is 476 g/mol. The third-order valence-electron chi connectivity index (χ3n) is 6.17. The highest BCUT2D eigenvalue weighted by molar-refractivity contribution is 5.92. The molecule has 0 radical (unpaired) electrons. The molecule has 1 fully saturated rings. The predicted molar refractivity (Wildman–Crippen MR) is 139 cm³/mol. The maximum atomic E-state index is 14.0. The normalized spacial score (nSPS) is 15.9. The minimum Gasteiger partial charge on any atom is -0.508 e. The first-order chi connectivity index (χ1) is 17.3. The van der Waals surface area contributed by atoms with Crippen LogP contribution in [0.5, 0.6) is 5.75 Å². The molecule has 2 atom stereocenters. The van der Waals surface area contributed by atoms with Crippen molar-refractivity contribution >= 4 is 23.8 Å². The summed E-state index contributed by atoms with van der Waals surface area (Å²) in [6.07, 6.45) is 3.90. The van der Waals surface area contributed by atoms with Crippen LogP contribution in [0.2, 0.25) is 0 Å². The molecule has 0 aliphatic heterocycles. The number of nitrogens with two attached hydrogens (primary N) is 1. The number of phenolic OH excluding ortho intramolecular Hbond substituents is 1. The Morgan fingerprint density at radius 3 is 2.19 bits per heavy atom. The van der Waals surface area contributed by atoms with Gasteiger partial charge in [0.25, 0.3) is 0 Å². The lowest BCUT2D eigenvalue weighted by atomic mass is 9.94. The lowest BCUT2D eigenvalue weighted by molar-refractivity contribution is -0.145. The Morgan fingerprint density at radius 1 is 1.08 bits per heavy atom. The fourth-order valence-electron chi connectivity index (χ4n) is 4.48. The third kappa shape index (κ3) is 9.59. The number of hydrogen-bond acceptors (Lipinski definition) is 6. The van der Waals surface area contributed by atoms with Crippen LogP contribution in [0.4, 0.5) is 4.79 Å². The van der Waals surface area contributed by atoms with Crippen LogP contribution in [-0.4, -0.2) is 57.5 Å². The molecular formula is C27H42N4O6. The summed E-state index contributed by atoms with van der Waals surface area (Å²) in [7, 11) is 0. The number of primary amides is 1. The highest BCUT2D eigenvalue weighted by Gasteiger charge is 2.38. The molecule has 0 bridgehead atoms. The summed E-state index contributed by atoms with van der Waals surface area (Å²) in [6, 6.07) is 3.52. The second-order valence-electron chi connectivity index (χ2n) is 10.9. The number of benzene rings is 1. The van der Waals surface area contributed by atoms with Gasteiger partial charge in [0.2, 0.25) is 17.7 Å². The van der Waals surface area contributed by atoms with E-state index in [-0.39, 0.29) is 30.5 Å². The van der Waals surface area contributed by atoms with Gasteiger partial charge in [-0.25, -0.2) is 4.79 Å². The number of hydrogen-bond donors (Lipinski definition) is 4. The Labute approximate surface area is 219 Å². The molecule has 1 aromatic rings. The summed E-state index contributed by atoms with van der Waals surface area (Å²) >= 11 is 0. The standard InChI is InChI=1S/C27H42N4O6/c1-17(2)31(25(35)21(15-16-22(28)33)30-26(36)37-27(3,4)5)23(18-11-13-20(32)14-12-18)24(34)29-19-9-7-6-8-10-19/h11-14,17,19,21,23,32H,6-10,15-16H2,1-5H3,(H2,28,33)(H,29,34)(H,30,36). The quantitative estimate of drug-likeness (QED) is 0.373. The molecule has 0 saturated heterocycles. The third-order valence-corrected chi connectivity index (χ3v) is 6.17. The van der Waals surface area contributed by atoms with E-state index in [0.717, 1.165) is 32.1 Å². The summed E-state index contributed by atoms with van der Waals surface area (Å²) in [6.45, 7) is 8.65. The Bertz CT molecular complexity index is 935. The van der Waals surface area contributed by atoms with Gasteiger partial charge >= 0.3 is 6.09 Å². The van der Waals surface area contributed by atoms with Crippen LogP contribution in [0.3, 0.4) is 0 Å². The van der Waals surface area contributed by atoms with E-state index >= 15 is 0 Å². The van der Waals surface area contributed by atoms with Crippen LogP contribution in [0.1, 0.15) is 91.2 Å². The number of carbonyl (C=O) groups is 4. The lowest BCUT2D eigenvalue weighted by Gasteiger charge is -2.38. The average molecular weight is 519 g/mol. The van der Waals surface area contributed by atoms with Crippen LogP contribution in [0.15, 0.2) is 24.3 Å².